The number of nitrogens with zero attached hydrogens (tertiary/aromatic N) is 2. The fourth-order valence-electron chi connectivity index (χ4n) is 20.6. The Morgan fingerprint density at radius 1 is 0.105 bits per heavy atom. The van der Waals surface area contributed by atoms with Crippen molar-refractivity contribution in [2.45, 2.75) is 0 Å². The van der Waals surface area contributed by atoms with Crippen molar-refractivity contribution in [3.63, 3.8) is 0 Å². The summed E-state index contributed by atoms with van der Waals surface area (Å²) >= 11 is 0. The summed E-state index contributed by atoms with van der Waals surface area (Å²) in [6.07, 6.45) is 0. The Hall–Kier alpha value is -16.3. The van der Waals surface area contributed by atoms with Gasteiger partial charge in [0, 0.05) is 32.9 Å². The van der Waals surface area contributed by atoms with Crippen LogP contribution in [0.2, 0.25) is 0 Å². The van der Waals surface area contributed by atoms with Crippen LogP contribution in [-0.4, -0.2) is 0 Å². The molecule has 27 rings (SSSR count). The van der Waals surface area contributed by atoms with Gasteiger partial charge >= 0.3 is 0 Å². The summed E-state index contributed by atoms with van der Waals surface area (Å²) < 4.78 is 0. The number of para-hydroxylation sites is 1. The molecule has 4 aliphatic rings. The molecule has 0 fully saturated rings. The Balaban J connectivity index is 0.000000133. The molecule has 0 aliphatic heterocycles. The molecular formula is C122H74N2. The van der Waals surface area contributed by atoms with Gasteiger partial charge in [-0.25, -0.2) is 0 Å². The quantitative estimate of drug-likeness (QED) is 0.127. The van der Waals surface area contributed by atoms with E-state index in [2.05, 4.69) is 459 Å². The lowest BCUT2D eigenvalue weighted by molar-refractivity contribution is 1.31. The lowest BCUT2D eigenvalue weighted by Crippen LogP contribution is -2.12. The average Bonchev–Trinajstić information content (AvgIpc) is 0.718. The molecular weight excluding hydrogens is 1490 g/mol. The van der Waals surface area contributed by atoms with E-state index in [9.17, 15) is 0 Å². The molecule has 0 spiro atoms. The van der Waals surface area contributed by atoms with Gasteiger partial charge in [0.1, 0.15) is 0 Å². The molecule has 0 heterocycles. The maximum Gasteiger partial charge on any atom is 0.0540 e. The van der Waals surface area contributed by atoms with Crippen LogP contribution in [0.1, 0.15) is 0 Å². The summed E-state index contributed by atoms with van der Waals surface area (Å²) in [4.78, 5) is 4.97. The minimum atomic E-state index is 1.12. The number of anilines is 6. The molecule has 23 aromatic rings. The van der Waals surface area contributed by atoms with Gasteiger partial charge in [0.05, 0.1) is 22.7 Å². The number of hydrogen-bond acceptors (Lipinski definition) is 2. The second kappa shape index (κ2) is 27.7. The molecule has 124 heavy (non-hydrogen) atoms. The van der Waals surface area contributed by atoms with Crippen LogP contribution in [0.15, 0.2) is 449 Å². The SMILES string of the molecule is c1ccc(-c2ccc(N(c3cccc4cc5c(cc34)-c3cc4cc(-c6ccccc6)ccc4cc3-5)c3cccc4cc5c(cc34)-c3cc4cc(-c6ccccc6)ccc4cc3-5)cc2)cc1.c1ccc(-c2ccc3cc4c(cc3c2)-c2cc3c(N(c5ccccc5)c5cccc6cc7c(cc56)-c5cc6cc(-c8ccccc8)ccc6cc5-7)cccc3cc2-4)cc1. The fraction of sp³-hybridized carbons (Fsp3) is 0. The van der Waals surface area contributed by atoms with Crippen LogP contribution in [-0.2, 0) is 0 Å². The highest BCUT2D eigenvalue weighted by atomic mass is 15.2. The maximum absolute atomic E-state index is 2.50. The third-order valence-electron chi connectivity index (χ3n) is 26.8. The summed E-state index contributed by atoms with van der Waals surface area (Å²) in [5.41, 5.74) is 40.5. The van der Waals surface area contributed by atoms with Crippen molar-refractivity contribution in [3.8, 4) is 145 Å². The number of hydrogen-bond donors (Lipinski definition) is 0. The van der Waals surface area contributed by atoms with Crippen molar-refractivity contribution in [2.24, 2.45) is 0 Å². The van der Waals surface area contributed by atoms with E-state index in [0.717, 1.165) is 22.7 Å². The lowest BCUT2D eigenvalue weighted by atomic mass is 9.77. The van der Waals surface area contributed by atoms with Crippen LogP contribution in [0.5, 0.6) is 0 Å². The van der Waals surface area contributed by atoms with E-state index >= 15 is 0 Å². The van der Waals surface area contributed by atoms with Gasteiger partial charge in [0.15, 0.2) is 0 Å². The van der Waals surface area contributed by atoms with Crippen LogP contribution in [0.25, 0.3) is 231 Å². The first-order valence-electron chi connectivity index (χ1n) is 43.0. The molecule has 0 aromatic heterocycles. The molecule has 0 saturated carbocycles. The average molecular weight is 1570 g/mol. The second-order valence-corrected chi connectivity index (χ2v) is 33.8. The fourth-order valence-corrected chi connectivity index (χ4v) is 20.6. The Bertz CT molecular complexity index is 7990. The zero-order valence-electron chi connectivity index (χ0n) is 67.6. The first-order valence-corrected chi connectivity index (χ1v) is 43.0. The molecule has 0 N–H and O–H groups in total. The Morgan fingerprint density at radius 2 is 0.290 bits per heavy atom. The predicted molar refractivity (Wildman–Crippen MR) is 527 cm³/mol. The highest BCUT2D eigenvalue weighted by molar-refractivity contribution is 6.21. The highest BCUT2D eigenvalue weighted by Gasteiger charge is 2.32. The zero-order chi connectivity index (χ0) is 81.2. The van der Waals surface area contributed by atoms with E-state index in [0.29, 0.717) is 0 Å². The monoisotopic (exact) mass is 1570 g/mol. The van der Waals surface area contributed by atoms with E-state index in [1.54, 1.807) is 0 Å². The summed E-state index contributed by atoms with van der Waals surface area (Å²) in [6.45, 7) is 0. The van der Waals surface area contributed by atoms with E-state index in [-0.39, 0.29) is 0 Å². The van der Waals surface area contributed by atoms with E-state index in [1.807, 2.05) is 0 Å². The minimum Gasteiger partial charge on any atom is -0.309 e. The number of benzene rings is 23. The van der Waals surface area contributed by atoms with Crippen molar-refractivity contribution in [1.29, 1.82) is 0 Å². The summed E-state index contributed by atoms with van der Waals surface area (Å²) in [5.74, 6) is 0. The molecule has 0 saturated heterocycles. The predicted octanol–water partition coefficient (Wildman–Crippen LogP) is 34.5. The van der Waals surface area contributed by atoms with Gasteiger partial charge in [-0.2, -0.15) is 0 Å². The third-order valence-corrected chi connectivity index (χ3v) is 26.8. The number of rotatable bonds is 11. The van der Waals surface area contributed by atoms with Gasteiger partial charge in [0.25, 0.3) is 0 Å². The van der Waals surface area contributed by atoms with Crippen LogP contribution < -0.4 is 9.80 Å². The molecule has 4 aliphatic carbocycles. The molecule has 0 bridgehead atoms. The van der Waals surface area contributed by atoms with Gasteiger partial charge in [-0.05, 0) is 379 Å². The van der Waals surface area contributed by atoms with Crippen molar-refractivity contribution in [1.82, 2.24) is 0 Å². The standard InChI is InChI=1S/C64H39N.C58H35N/c1-4-12-40(13-5-1)43-26-28-52(29-27-43)65(63-20-10-18-48-34-57-55-32-46-24-22-44(41-14-6-2-7-15-41)30-50(46)36-59(55)61(57)38-53(48)63)64-21-11-19-49-35-58-56-33-47-25-23-45(42-16-8-3-9-17-42)31-51(47)37-60(56)62(58)39-54(49)64;1-4-12-36(13-5-1)38-22-24-40-28-49-51-30-42-16-10-20-57(47(42)34-55(51)53(49)32-44(40)26-38)59(46-18-8-3-9-19-46)58-21-11-17-43-31-52-50-29-41-25-23-39(37-14-6-2-7-15-37)27-45(41)33-54(50)56(52)35-48(43)58/h1-39H;1-35H. The second-order valence-electron chi connectivity index (χ2n) is 33.8. The van der Waals surface area contributed by atoms with Gasteiger partial charge in [-0.3, -0.25) is 0 Å². The Kier molecular flexibility index (Phi) is 15.5. The van der Waals surface area contributed by atoms with E-state index < -0.39 is 0 Å². The zero-order valence-corrected chi connectivity index (χ0v) is 67.6. The molecule has 2 nitrogen and oxygen atoms in total. The third kappa shape index (κ3) is 11.2. The molecule has 0 amide bonds. The van der Waals surface area contributed by atoms with E-state index in [1.165, 1.54) is 242 Å². The van der Waals surface area contributed by atoms with Crippen LogP contribution in [0.4, 0.5) is 34.1 Å². The normalized spacial score (nSPS) is 12.0. The molecule has 0 radical (unpaired) electrons. The lowest BCUT2D eigenvalue weighted by Gasteiger charge is -2.31. The molecule has 0 unspecified atom stereocenters. The van der Waals surface area contributed by atoms with Crippen LogP contribution in [0.3, 0.4) is 0 Å². The van der Waals surface area contributed by atoms with Gasteiger partial charge in [-0.15, -0.1) is 0 Å². The summed E-state index contributed by atoms with van der Waals surface area (Å²) in [6, 6.07) is 166. The van der Waals surface area contributed by atoms with Gasteiger partial charge in [-0.1, -0.05) is 279 Å². The highest BCUT2D eigenvalue weighted by Crippen LogP contribution is 2.59. The van der Waals surface area contributed by atoms with Gasteiger partial charge in [0.2, 0.25) is 0 Å². The van der Waals surface area contributed by atoms with E-state index in [4.69, 9.17) is 0 Å². The van der Waals surface area contributed by atoms with Crippen LogP contribution in [0, 0.1) is 0 Å². The van der Waals surface area contributed by atoms with Crippen LogP contribution >= 0.6 is 0 Å². The summed E-state index contributed by atoms with van der Waals surface area (Å²) in [7, 11) is 0. The number of fused-ring (bicyclic) bond motifs is 24. The molecule has 23 aromatic carbocycles. The molecule has 2 heteroatoms. The Labute approximate surface area is 718 Å². The summed E-state index contributed by atoms with van der Waals surface area (Å²) in [5, 5.41) is 20.1. The molecule has 0 atom stereocenters. The maximum atomic E-state index is 2.50. The smallest absolute Gasteiger partial charge is 0.0540 e. The van der Waals surface area contributed by atoms with Crippen molar-refractivity contribution < 1.29 is 0 Å². The topological polar surface area (TPSA) is 6.48 Å². The van der Waals surface area contributed by atoms with Crippen molar-refractivity contribution >= 4 is 120 Å². The van der Waals surface area contributed by atoms with Gasteiger partial charge < -0.3 is 9.80 Å². The minimum absolute atomic E-state index is 1.12. The Morgan fingerprint density at radius 3 is 0.540 bits per heavy atom. The molecule has 572 valence electrons. The largest absolute Gasteiger partial charge is 0.309 e. The van der Waals surface area contributed by atoms with Crippen molar-refractivity contribution in [2.75, 3.05) is 9.80 Å². The first-order chi connectivity index (χ1) is 61.4. The van der Waals surface area contributed by atoms with Crippen molar-refractivity contribution in [3.05, 3.63) is 449 Å². The first kappa shape index (κ1) is 69.7.